The fourth-order valence-corrected chi connectivity index (χ4v) is 3.64. The molecule has 1 aliphatic carbocycles. The molecule has 1 aliphatic rings. The van der Waals surface area contributed by atoms with E-state index in [9.17, 15) is 13.6 Å². The van der Waals surface area contributed by atoms with E-state index in [-0.39, 0.29) is 5.56 Å². The highest BCUT2D eigenvalue weighted by atomic mass is 32.1. The molecular weight excluding hydrogens is 306 g/mol. The highest BCUT2D eigenvalue weighted by Crippen LogP contribution is 2.28. The van der Waals surface area contributed by atoms with Crippen molar-refractivity contribution in [2.45, 2.75) is 38.5 Å². The van der Waals surface area contributed by atoms with Crippen molar-refractivity contribution in [3.05, 3.63) is 46.0 Å². The molecule has 0 unspecified atom stereocenters. The number of hydrogen-bond acceptors (Lipinski definition) is 3. The van der Waals surface area contributed by atoms with Crippen LogP contribution in [0, 0.1) is 11.6 Å². The number of nitrogens with one attached hydrogen (secondary N) is 1. The number of fused-ring (bicyclic) bond motifs is 1. The van der Waals surface area contributed by atoms with Gasteiger partial charge in [-0.15, -0.1) is 11.3 Å². The summed E-state index contributed by atoms with van der Waals surface area (Å²) in [5.41, 5.74) is 0.864. The lowest BCUT2D eigenvalue weighted by Gasteiger charge is -2.06. The van der Waals surface area contributed by atoms with Crippen molar-refractivity contribution < 1.29 is 13.6 Å². The first-order valence-electron chi connectivity index (χ1n) is 7.38. The molecule has 0 saturated carbocycles. The van der Waals surface area contributed by atoms with Crippen molar-refractivity contribution in [3.8, 4) is 0 Å². The average molecular weight is 322 g/mol. The molecule has 1 N–H and O–H groups in total. The number of aromatic nitrogens is 1. The maximum Gasteiger partial charge on any atom is 0.260 e. The minimum atomic E-state index is -0.868. The SMILES string of the molecule is O=C(Nc1nc2c(s1)CCCCCC2)c1ccc(F)cc1F. The summed E-state index contributed by atoms with van der Waals surface area (Å²) in [6.07, 6.45) is 6.57. The van der Waals surface area contributed by atoms with Crippen molar-refractivity contribution in [2.75, 3.05) is 5.32 Å². The standard InChI is InChI=1S/C16H16F2N2OS/c17-10-7-8-11(12(18)9-10)15(21)20-16-19-13-5-3-1-2-4-6-14(13)22-16/h7-9H,1-6H2,(H,19,20,21). The Labute approximate surface area is 131 Å². The summed E-state index contributed by atoms with van der Waals surface area (Å²) in [4.78, 5) is 17.7. The van der Waals surface area contributed by atoms with E-state index in [2.05, 4.69) is 10.3 Å². The van der Waals surface area contributed by atoms with Crippen molar-refractivity contribution in [1.29, 1.82) is 0 Å². The van der Waals surface area contributed by atoms with Crippen molar-refractivity contribution >= 4 is 22.4 Å². The Balaban J connectivity index is 1.78. The predicted octanol–water partition coefficient (Wildman–Crippen LogP) is 4.33. The molecule has 1 aromatic carbocycles. The molecule has 0 spiro atoms. The molecule has 3 rings (SSSR count). The van der Waals surface area contributed by atoms with Gasteiger partial charge in [-0.3, -0.25) is 10.1 Å². The molecule has 6 heteroatoms. The minimum Gasteiger partial charge on any atom is -0.298 e. The monoisotopic (exact) mass is 322 g/mol. The lowest BCUT2D eigenvalue weighted by atomic mass is 10.0. The second kappa shape index (κ2) is 6.52. The van der Waals surface area contributed by atoms with E-state index in [0.717, 1.165) is 43.5 Å². The van der Waals surface area contributed by atoms with Gasteiger partial charge in [-0.1, -0.05) is 12.8 Å². The zero-order chi connectivity index (χ0) is 15.5. The van der Waals surface area contributed by atoms with Gasteiger partial charge in [-0.25, -0.2) is 13.8 Å². The molecule has 0 aliphatic heterocycles. The molecule has 22 heavy (non-hydrogen) atoms. The lowest BCUT2D eigenvalue weighted by molar-refractivity contribution is 0.102. The number of nitrogens with zero attached hydrogens (tertiary/aromatic N) is 1. The van der Waals surface area contributed by atoms with Gasteiger partial charge in [-0.2, -0.15) is 0 Å². The van der Waals surface area contributed by atoms with Crippen LogP contribution < -0.4 is 5.32 Å². The van der Waals surface area contributed by atoms with Crippen LogP contribution in [-0.2, 0) is 12.8 Å². The third-order valence-corrected chi connectivity index (χ3v) is 4.81. The molecule has 1 amide bonds. The molecule has 0 fully saturated rings. The summed E-state index contributed by atoms with van der Waals surface area (Å²) >= 11 is 1.45. The molecule has 0 radical (unpaired) electrons. The maximum absolute atomic E-state index is 13.6. The Kier molecular flexibility index (Phi) is 4.47. The fraction of sp³-hybridized carbons (Fsp3) is 0.375. The lowest BCUT2D eigenvalue weighted by Crippen LogP contribution is -2.13. The van der Waals surface area contributed by atoms with Crippen LogP contribution in [0.2, 0.25) is 0 Å². The third-order valence-electron chi connectivity index (χ3n) is 3.74. The Morgan fingerprint density at radius 3 is 2.68 bits per heavy atom. The van der Waals surface area contributed by atoms with E-state index in [1.807, 2.05) is 0 Å². The molecule has 2 aromatic rings. The molecule has 0 atom stereocenters. The van der Waals surface area contributed by atoms with E-state index in [4.69, 9.17) is 0 Å². The summed E-state index contributed by atoms with van der Waals surface area (Å²) in [5, 5.41) is 3.11. The highest BCUT2D eigenvalue weighted by molar-refractivity contribution is 7.15. The van der Waals surface area contributed by atoms with Crippen LogP contribution in [0.15, 0.2) is 18.2 Å². The Morgan fingerprint density at radius 2 is 1.91 bits per heavy atom. The smallest absolute Gasteiger partial charge is 0.260 e. The van der Waals surface area contributed by atoms with Gasteiger partial charge in [0, 0.05) is 10.9 Å². The summed E-state index contributed by atoms with van der Waals surface area (Å²) in [5.74, 6) is -2.17. The van der Waals surface area contributed by atoms with Gasteiger partial charge in [-0.05, 0) is 37.8 Å². The van der Waals surface area contributed by atoms with Gasteiger partial charge in [0.05, 0.1) is 11.3 Å². The first-order valence-corrected chi connectivity index (χ1v) is 8.20. The first kappa shape index (κ1) is 15.1. The Morgan fingerprint density at radius 1 is 1.14 bits per heavy atom. The number of aryl methyl sites for hydroxylation is 2. The molecule has 1 aromatic heterocycles. The largest absolute Gasteiger partial charge is 0.298 e. The molecule has 0 saturated heterocycles. The van der Waals surface area contributed by atoms with Crippen LogP contribution >= 0.6 is 11.3 Å². The van der Waals surface area contributed by atoms with Crippen LogP contribution in [0.25, 0.3) is 0 Å². The van der Waals surface area contributed by atoms with Gasteiger partial charge >= 0.3 is 0 Å². The van der Waals surface area contributed by atoms with Gasteiger partial charge in [0.25, 0.3) is 5.91 Å². The van der Waals surface area contributed by atoms with Crippen LogP contribution in [0.5, 0.6) is 0 Å². The van der Waals surface area contributed by atoms with Gasteiger partial charge in [0.2, 0.25) is 0 Å². The van der Waals surface area contributed by atoms with Crippen molar-refractivity contribution in [2.24, 2.45) is 0 Å². The molecule has 116 valence electrons. The van der Waals surface area contributed by atoms with Gasteiger partial charge in [0.1, 0.15) is 11.6 Å². The normalized spacial score (nSPS) is 14.8. The number of halogens is 2. The number of hydrogen-bond donors (Lipinski definition) is 1. The van der Waals surface area contributed by atoms with Crippen molar-refractivity contribution in [1.82, 2.24) is 4.98 Å². The molecule has 1 heterocycles. The Hall–Kier alpha value is -1.82. The van der Waals surface area contributed by atoms with E-state index in [1.54, 1.807) is 0 Å². The number of anilines is 1. The number of rotatable bonds is 2. The van der Waals surface area contributed by atoms with Crippen LogP contribution in [0.4, 0.5) is 13.9 Å². The maximum atomic E-state index is 13.6. The number of thiazole rings is 1. The first-order chi connectivity index (χ1) is 10.6. The van der Waals surface area contributed by atoms with E-state index >= 15 is 0 Å². The number of amides is 1. The number of carbonyl (C=O) groups excluding carboxylic acids is 1. The van der Waals surface area contributed by atoms with E-state index in [1.165, 1.54) is 29.1 Å². The minimum absolute atomic E-state index is 0.177. The summed E-state index contributed by atoms with van der Waals surface area (Å²) in [6.45, 7) is 0. The van der Waals surface area contributed by atoms with E-state index in [0.29, 0.717) is 11.2 Å². The second-order valence-electron chi connectivity index (χ2n) is 5.38. The molecule has 3 nitrogen and oxygen atoms in total. The molecular formula is C16H16F2N2OS. The molecule has 0 bridgehead atoms. The quantitative estimate of drug-likeness (QED) is 0.894. The Bertz CT molecular complexity index is 674. The number of carbonyl (C=O) groups is 1. The van der Waals surface area contributed by atoms with Crippen molar-refractivity contribution in [3.63, 3.8) is 0 Å². The third kappa shape index (κ3) is 3.32. The summed E-state index contributed by atoms with van der Waals surface area (Å²) in [7, 11) is 0. The fourth-order valence-electron chi connectivity index (χ4n) is 2.60. The van der Waals surface area contributed by atoms with E-state index < -0.39 is 17.5 Å². The van der Waals surface area contributed by atoms with Crippen LogP contribution in [0.3, 0.4) is 0 Å². The number of benzene rings is 1. The van der Waals surface area contributed by atoms with Crippen LogP contribution in [-0.4, -0.2) is 10.9 Å². The second-order valence-corrected chi connectivity index (χ2v) is 6.47. The zero-order valence-electron chi connectivity index (χ0n) is 12.0. The summed E-state index contributed by atoms with van der Waals surface area (Å²) in [6, 6.07) is 2.92. The van der Waals surface area contributed by atoms with Gasteiger partial charge in [0.15, 0.2) is 5.13 Å². The zero-order valence-corrected chi connectivity index (χ0v) is 12.8. The average Bonchev–Trinajstić information content (AvgIpc) is 2.80. The topological polar surface area (TPSA) is 42.0 Å². The highest BCUT2D eigenvalue weighted by Gasteiger charge is 2.17. The van der Waals surface area contributed by atoms with Crippen LogP contribution in [0.1, 0.15) is 46.6 Å². The predicted molar refractivity (Wildman–Crippen MR) is 82.3 cm³/mol. The van der Waals surface area contributed by atoms with Gasteiger partial charge < -0.3 is 0 Å². The summed E-state index contributed by atoms with van der Waals surface area (Å²) < 4.78 is 26.5.